The van der Waals surface area contributed by atoms with Crippen molar-refractivity contribution in [1.29, 1.82) is 0 Å². The number of ether oxygens (including phenoxy) is 1. The highest BCUT2D eigenvalue weighted by molar-refractivity contribution is 7.15. The van der Waals surface area contributed by atoms with E-state index in [1.54, 1.807) is 33.3 Å². The monoisotopic (exact) mass is 579 g/mol. The van der Waals surface area contributed by atoms with Crippen molar-refractivity contribution in [2.24, 2.45) is 0 Å². The molecule has 0 spiro atoms. The predicted octanol–water partition coefficient (Wildman–Crippen LogP) is 6.81. The Morgan fingerprint density at radius 3 is 2.64 bits per heavy atom. The Bertz CT molecular complexity index is 2110. The van der Waals surface area contributed by atoms with Gasteiger partial charge in [-0.2, -0.15) is 5.10 Å². The van der Waals surface area contributed by atoms with Crippen LogP contribution in [0, 0.1) is 19.3 Å². The number of hydrogen-bond donors (Lipinski definition) is 1. The number of nitrogens with two attached hydrogens (primary N) is 1. The second-order valence-electron chi connectivity index (χ2n) is 10.2. The van der Waals surface area contributed by atoms with Gasteiger partial charge in [0.1, 0.15) is 34.2 Å². The fourth-order valence-corrected chi connectivity index (χ4v) is 6.12. The van der Waals surface area contributed by atoms with Crippen molar-refractivity contribution in [2.45, 2.75) is 39.8 Å². The van der Waals surface area contributed by atoms with Crippen LogP contribution in [0.25, 0.3) is 43.1 Å². The molecule has 0 fully saturated rings. The Labute approximate surface area is 244 Å². The van der Waals surface area contributed by atoms with Gasteiger partial charge in [-0.3, -0.25) is 9.20 Å². The maximum absolute atomic E-state index is 14.4. The Kier molecular flexibility index (Phi) is 6.71. The van der Waals surface area contributed by atoms with Crippen molar-refractivity contribution in [3.63, 3.8) is 0 Å². The molecule has 42 heavy (non-hydrogen) atoms. The molecule has 6 rings (SSSR count). The summed E-state index contributed by atoms with van der Waals surface area (Å²) >= 11 is 1.45. The van der Waals surface area contributed by atoms with E-state index >= 15 is 0 Å². The molecule has 0 amide bonds. The molecule has 4 aromatic heterocycles. The highest BCUT2D eigenvalue weighted by atomic mass is 32.1. The molecule has 11 heteroatoms. The van der Waals surface area contributed by atoms with E-state index in [4.69, 9.17) is 22.1 Å². The third-order valence-electron chi connectivity index (χ3n) is 7.07. The van der Waals surface area contributed by atoms with Gasteiger partial charge in [-0.05, 0) is 74.7 Å². The van der Waals surface area contributed by atoms with Gasteiger partial charge in [0.15, 0.2) is 5.65 Å². The number of nitrogens with zero attached hydrogens (tertiary/aromatic N) is 6. The van der Waals surface area contributed by atoms with Crippen molar-refractivity contribution in [3.05, 3.63) is 99.1 Å². The molecule has 210 valence electrons. The van der Waals surface area contributed by atoms with Crippen LogP contribution in [-0.2, 0) is 0 Å². The summed E-state index contributed by atoms with van der Waals surface area (Å²) in [5, 5.41) is 7.38. The minimum Gasteiger partial charge on any atom is -0.502 e. The summed E-state index contributed by atoms with van der Waals surface area (Å²) in [4.78, 5) is 27.1. The smallest absolute Gasteiger partial charge is 0.264 e. The summed E-state index contributed by atoms with van der Waals surface area (Å²) in [5.74, 6) is 0.269. The molecule has 0 unspecified atom stereocenters. The fourth-order valence-electron chi connectivity index (χ4n) is 5.19. The minimum absolute atomic E-state index is 0.0953. The van der Waals surface area contributed by atoms with E-state index in [-0.39, 0.29) is 17.5 Å². The average Bonchev–Trinajstić information content (AvgIpc) is 3.54. The molecular formula is C31H26FN7O2S. The molecule has 4 heterocycles. The molecule has 0 saturated heterocycles. The molecule has 0 aliphatic heterocycles. The molecule has 0 bridgehead atoms. The summed E-state index contributed by atoms with van der Waals surface area (Å²) in [6, 6.07) is 12.7. The normalized spacial score (nSPS) is 12.2. The standard InChI is InChI=1S/C31H26FN7O2S/c1-16(2)41-24-10-9-20(12-23(24)34-5)28-27-29(33)35-15-36-30(27)39(37-28)18(4)22-13-25-38(17(3)14-42-25)31(40)26(22)19-7-6-8-21(32)11-19/h6-16,18H,1-4H3,(H2,33,35,36)/t18-/m0/s1. The molecule has 0 radical (unpaired) electrons. The first-order valence-electron chi connectivity index (χ1n) is 13.2. The largest absolute Gasteiger partial charge is 0.502 e. The van der Waals surface area contributed by atoms with Crippen LogP contribution < -0.4 is 16.0 Å². The van der Waals surface area contributed by atoms with Gasteiger partial charge < -0.3 is 10.5 Å². The lowest BCUT2D eigenvalue weighted by Gasteiger charge is -2.18. The lowest BCUT2D eigenvalue weighted by atomic mass is 9.97. The molecule has 0 aliphatic rings. The number of halogens is 1. The number of benzene rings is 2. The second-order valence-corrected chi connectivity index (χ2v) is 11.1. The van der Waals surface area contributed by atoms with E-state index in [0.717, 1.165) is 10.5 Å². The Morgan fingerprint density at radius 1 is 1.10 bits per heavy atom. The van der Waals surface area contributed by atoms with E-state index in [1.807, 2.05) is 45.2 Å². The average molecular weight is 580 g/mol. The van der Waals surface area contributed by atoms with Gasteiger partial charge in [0.25, 0.3) is 5.56 Å². The third kappa shape index (κ3) is 4.46. The van der Waals surface area contributed by atoms with Crippen molar-refractivity contribution in [1.82, 2.24) is 24.1 Å². The molecule has 0 saturated carbocycles. The number of thiazole rings is 1. The van der Waals surface area contributed by atoms with Gasteiger partial charge in [0.05, 0.1) is 29.7 Å². The summed E-state index contributed by atoms with van der Waals surface area (Å²) in [6.45, 7) is 15.3. The van der Waals surface area contributed by atoms with Crippen LogP contribution in [0.15, 0.2) is 65.0 Å². The van der Waals surface area contributed by atoms with E-state index in [9.17, 15) is 9.18 Å². The van der Waals surface area contributed by atoms with Crippen molar-refractivity contribution < 1.29 is 9.13 Å². The molecule has 2 N–H and O–H groups in total. The summed E-state index contributed by atoms with van der Waals surface area (Å²) in [7, 11) is 0. The number of anilines is 1. The van der Waals surface area contributed by atoms with Gasteiger partial charge in [-0.1, -0.05) is 18.2 Å². The fraction of sp³-hybridized carbons (Fsp3) is 0.194. The highest BCUT2D eigenvalue weighted by Crippen LogP contribution is 2.39. The van der Waals surface area contributed by atoms with Crippen LogP contribution in [-0.4, -0.2) is 30.3 Å². The molecule has 1 atom stereocenters. The topological polar surface area (TPSA) is 105 Å². The Hall–Kier alpha value is -5.08. The molecule has 0 aliphatic carbocycles. The van der Waals surface area contributed by atoms with Gasteiger partial charge >= 0.3 is 0 Å². The highest BCUT2D eigenvalue weighted by Gasteiger charge is 2.26. The lowest BCUT2D eigenvalue weighted by Crippen LogP contribution is -2.21. The molecule has 2 aromatic carbocycles. The zero-order chi connectivity index (χ0) is 29.7. The van der Waals surface area contributed by atoms with Gasteiger partial charge in [0.2, 0.25) is 5.69 Å². The zero-order valence-electron chi connectivity index (χ0n) is 23.3. The zero-order valence-corrected chi connectivity index (χ0v) is 24.1. The van der Waals surface area contributed by atoms with Crippen molar-refractivity contribution in [2.75, 3.05) is 5.73 Å². The third-order valence-corrected chi connectivity index (χ3v) is 8.07. The van der Waals surface area contributed by atoms with Crippen molar-refractivity contribution >= 4 is 38.7 Å². The second kappa shape index (κ2) is 10.4. The van der Waals surface area contributed by atoms with Crippen LogP contribution in [0.5, 0.6) is 5.75 Å². The van der Waals surface area contributed by atoms with Crippen molar-refractivity contribution in [3.8, 4) is 28.1 Å². The lowest BCUT2D eigenvalue weighted by molar-refractivity contribution is 0.244. The quantitative estimate of drug-likeness (QED) is 0.217. The van der Waals surface area contributed by atoms with Crippen LogP contribution in [0.4, 0.5) is 15.9 Å². The Morgan fingerprint density at radius 2 is 1.90 bits per heavy atom. The first kappa shape index (κ1) is 27.1. The SMILES string of the molecule is [C-]#[N+]c1cc(-c2nn([C@@H](C)c3cc4scc(C)n4c(=O)c3-c3cccc(F)c3)c3ncnc(N)c23)ccc1OC(C)C. The van der Waals surface area contributed by atoms with Crippen LogP contribution in [0.2, 0.25) is 0 Å². The van der Waals surface area contributed by atoms with Crippen LogP contribution in [0.1, 0.15) is 38.1 Å². The van der Waals surface area contributed by atoms with Gasteiger partial charge in [0, 0.05) is 11.1 Å². The summed E-state index contributed by atoms with van der Waals surface area (Å²) < 4.78 is 23.5. The number of fused-ring (bicyclic) bond motifs is 2. The maximum Gasteiger partial charge on any atom is 0.264 e. The number of rotatable bonds is 6. The van der Waals surface area contributed by atoms with E-state index in [1.165, 1.54) is 29.8 Å². The van der Waals surface area contributed by atoms with Crippen LogP contribution in [0.3, 0.4) is 0 Å². The summed E-state index contributed by atoms with van der Waals surface area (Å²) in [6.07, 6.45) is 1.27. The first-order chi connectivity index (χ1) is 20.2. The van der Waals surface area contributed by atoms with E-state index in [0.29, 0.717) is 50.4 Å². The van der Waals surface area contributed by atoms with E-state index < -0.39 is 11.9 Å². The number of aryl methyl sites for hydroxylation is 1. The minimum atomic E-state index is -0.516. The van der Waals surface area contributed by atoms with Crippen LogP contribution >= 0.6 is 11.3 Å². The predicted molar refractivity (Wildman–Crippen MR) is 163 cm³/mol. The molecule has 6 aromatic rings. The number of hydrogen-bond acceptors (Lipinski definition) is 7. The maximum atomic E-state index is 14.4. The number of pyridine rings is 1. The first-order valence-corrected chi connectivity index (χ1v) is 14.1. The number of aromatic nitrogens is 5. The molecule has 9 nitrogen and oxygen atoms in total. The summed E-state index contributed by atoms with van der Waals surface area (Å²) in [5.41, 5.74) is 10.4. The van der Waals surface area contributed by atoms with E-state index in [2.05, 4.69) is 14.8 Å². The van der Waals surface area contributed by atoms with Gasteiger partial charge in [-0.25, -0.2) is 23.9 Å². The van der Waals surface area contributed by atoms with Gasteiger partial charge in [-0.15, -0.1) is 11.3 Å². The molecular weight excluding hydrogens is 553 g/mol. The number of nitrogen functional groups attached to an aromatic ring is 1. The Balaban J connectivity index is 1.59.